The van der Waals surface area contributed by atoms with Crippen molar-refractivity contribution >= 4 is 0 Å². The number of halogens is 2. The third kappa shape index (κ3) is 2.58. The van der Waals surface area contributed by atoms with E-state index in [9.17, 15) is 18.4 Å². The van der Waals surface area contributed by atoms with E-state index in [1.54, 1.807) is 12.1 Å². The van der Waals surface area contributed by atoms with Crippen molar-refractivity contribution in [1.29, 1.82) is 0 Å². The van der Waals surface area contributed by atoms with Gasteiger partial charge in [0.25, 0.3) is 11.5 Å². The van der Waals surface area contributed by atoms with Gasteiger partial charge in [0.2, 0.25) is 0 Å². The molecule has 0 atom stereocenters. The van der Waals surface area contributed by atoms with Gasteiger partial charge in [0, 0.05) is 19.0 Å². The molecule has 120 valence electrons. The van der Waals surface area contributed by atoms with Crippen LogP contribution in [0, 0.1) is 0 Å². The average Bonchev–Trinajstić information content (AvgIpc) is 2.67. The molecule has 23 heavy (non-hydrogen) atoms. The van der Waals surface area contributed by atoms with Crippen molar-refractivity contribution in [2.75, 3.05) is 7.11 Å². The van der Waals surface area contributed by atoms with Gasteiger partial charge in [0.15, 0.2) is 0 Å². The van der Waals surface area contributed by atoms with Crippen molar-refractivity contribution in [3.05, 3.63) is 69.0 Å². The van der Waals surface area contributed by atoms with Gasteiger partial charge >= 0.3 is 5.69 Å². The molecule has 1 aromatic heterocycles. The van der Waals surface area contributed by atoms with Gasteiger partial charge in [-0.2, -0.15) is 8.78 Å². The molecule has 0 aliphatic carbocycles. The Labute approximate surface area is 130 Å². The smallest absolute Gasteiger partial charge is 0.336 e. The van der Waals surface area contributed by atoms with E-state index in [4.69, 9.17) is 4.74 Å². The molecular weight excluding hydrogens is 306 g/mol. The summed E-state index contributed by atoms with van der Waals surface area (Å²) < 4.78 is 35.0. The molecule has 1 aliphatic heterocycles. The molecule has 2 aromatic rings. The monoisotopic (exact) mass is 320 g/mol. The van der Waals surface area contributed by atoms with E-state index in [1.807, 2.05) is 0 Å². The van der Waals surface area contributed by atoms with Crippen molar-refractivity contribution in [1.82, 2.24) is 9.13 Å². The molecule has 0 N–H and O–H groups in total. The Morgan fingerprint density at radius 2 is 1.83 bits per heavy atom. The summed E-state index contributed by atoms with van der Waals surface area (Å²) in [5.41, 5.74) is -1.83. The van der Waals surface area contributed by atoms with Gasteiger partial charge in [-0.3, -0.25) is 9.36 Å². The average molecular weight is 320 g/mol. The van der Waals surface area contributed by atoms with Crippen molar-refractivity contribution in [2.45, 2.75) is 18.9 Å². The quantitative estimate of drug-likeness (QED) is 0.796. The van der Waals surface area contributed by atoms with Crippen LogP contribution in [0.1, 0.15) is 12.1 Å². The van der Waals surface area contributed by atoms with Crippen molar-refractivity contribution in [3.8, 4) is 11.4 Å². The Hall–Kier alpha value is -2.70. The van der Waals surface area contributed by atoms with Crippen LogP contribution in [0.4, 0.5) is 8.78 Å². The maximum absolute atomic E-state index is 14.1. The predicted molar refractivity (Wildman–Crippen MR) is 80.5 cm³/mol. The maximum Gasteiger partial charge on any atom is 0.336 e. The third-order valence-electron chi connectivity index (χ3n) is 3.73. The molecule has 0 unspecified atom stereocenters. The van der Waals surface area contributed by atoms with Crippen molar-refractivity contribution in [2.24, 2.45) is 0 Å². The van der Waals surface area contributed by atoms with Crippen LogP contribution in [0.5, 0.6) is 5.75 Å². The molecule has 5 nitrogen and oxygen atoms in total. The Bertz CT molecular complexity index is 880. The minimum Gasteiger partial charge on any atom is -0.497 e. The van der Waals surface area contributed by atoms with Crippen LogP contribution in [0.3, 0.4) is 0 Å². The molecule has 1 aliphatic rings. The van der Waals surface area contributed by atoms with E-state index in [2.05, 4.69) is 0 Å². The number of nitrogens with zero attached hydrogens (tertiary/aromatic N) is 2. The molecule has 0 saturated carbocycles. The molecular formula is C16H14F2N2O3. The number of alkyl halides is 2. The molecule has 0 amide bonds. The Balaban J connectivity index is 2.24. The van der Waals surface area contributed by atoms with Gasteiger partial charge in [-0.15, -0.1) is 0 Å². The fourth-order valence-corrected chi connectivity index (χ4v) is 2.54. The minimum atomic E-state index is -3.25. The number of fused-ring (bicyclic) bond motifs is 1. The van der Waals surface area contributed by atoms with Crippen LogP contribution >= 0.6 is 0 Å². The molecule has 7 heteroatoms. The predicted octanol–water partition coefficient (Wildman–Crippen LogP) is 2.06. The molecule has 0 saturated heterocycles. The van der Waals surface area contributed by atoms with E-state index in [1.165, 1.54) is 31.4 Å². The topological polar surface area (TPSA) is 53.2 Å². The highest BCUT2D eigenvalue weighted by molar-refractivity contribution is 5.37. The Morgan fingerprint density at radius 3 is 2.48 bits per heavy atom. The first kappa shape index (κ1) is 15.2. The lowest BCUT2D eigenvalue weighted by Gasteiger charge is -2.18. The summed E-state index contributed by atoms with van der Waals surface area (Å²) in [6.07, 6.45) is 2.28. The zero-order valence-corrected chi connectivity index (χ0v) is 12.3. The standard InChI is InChI=1S/C16H14F2N2O3/c1-23-12-6-4-11(5-7-12)20-14(21)10-13-16(17,18)8-2-3-9-19(13)15(20)22/h2-7,10H,8-9H2,1H3. The Kier molecular flexibility index (Phi) is 3.63. The lowest BCUT2D eigenvalue weighted by molar-refractivity contribution is -0.00876. The van der Waals surface area contributed by atoms with E-state index >= 15 is 0 Å². The van der Waals surface area contributed by atoms with Crippen LogP contribution in [0.15, 0.2) is 52.1 Å². The molecule has 0 spiro atoms. The van der Waals surface area contributed by atoms with Gasteiger partial charge in [-0.25, -0.2) is 9.36 Å². The summed E-state index contributed by atoms with van der Waals surface area (Å²) in [7, 11) is 1.49. The highest BCUT2D eigenvalue weighted by Gasteiger charge is 2.36. The zero-order chi connectivity index (χ0) is 16.6. The summed E-state index contributed by atoms with van der Waals surface area (Å²) >= 11 is 0. The van der Waals surface area contributed by atoms with E-state index in [-0.39, 0.29) is 6.54 Å². The van der Waals surface area contributed by atoms with Gasteiger partial charge < -0.3 is 4.74 Å². The van der Waals surface area contributed by atoms with Crippen LogP contribution in [-0.2, 0) is 12.5 Å². The SMILES string of the molecule is COc1ccc(-n2c(=O)cc3n(c2=O)CC=CCC3(F)F)cc1. The fourth-order valence-electron chi connectivity index (χ4n) is 2.54. The summed E-state index contributed by atoms with van der Waals surface area (Å²) in [6.45, 7) is 0.000190. The number of rotatable bonds is 2. The lowest BCUT2D eigenvalue weighted by atomic mass is 10.1. The summed E-state index contributed by atoms with van der Waals surface area (Å²) in [5.74, 6) is -2.68. The van der Waals surface area contributed by atoms with Gasteiger partial charge in [0.05, 0.1) is 18.5 Å². The molecule has 2 heterocycles. The highest BCUT2D eigenvalue weighted by Crippen LogP contribution is 2.32. The molecule has 0 radical (unpaired) electrons. The summed E-state index contributed by atoms with van der Waals surface area (Å²) in [4.78, 5) is 24.8. The number of aromatic nitrogens is 2. The first-order valence-corrected chi connectivity index (χ1v) is 6.98. The van der Waals surface area contributed by atoms with Crippen LogP contribution in [-0.4, -0.2) is 16.2 Å². The van der Waals surface area contributed by atoms with E-state index < -0.39 is 29.3 Å². The lowest BCUT2D eigenvalue weighted by Crippen LogP contribution is -2.41. The largest absolute Gasteiger partial charge is 0.497 e. The first-order valence-electron chi connectivity index (χ1n) is 6.98. The molecule has 1 aromatic carbocycles. The molecule has 3 rings (SSSR count). The minimum absolute atomic E-state index is 0.000190. The number of hydrogen-bond acceptors (Lipinski definition) is 3. The maximum atomic E-state index is 14.1. The van der Waals surface area contributed by atoms with Gasteiger partial charge in [-0.05, 0) is 24.3 Å². The normalized spacial score (nSPS) is 15.8. The highest BCUT2D eigenvalue weighted by atomic mass is 19.3. The fraction of sp³-hybridized carbons (Fsp3) is 0.250. The van der Waals surface area contributed by atoms with Gasteiger partial charge in [-0.1, -0.05) is 12.2 Å². The van der Waals surface area contributed by atoms with E-state index in [0.29, 0.717) is 11.4 Å². The number of benzene rings is 1. The van der Waals surface area contributed by atoms with Crippen LogP contribution in [0.2, 0.25) is 0 Å². The number of hydrogen-bond donors (Lipinski definition) is 0. The second-order valence-electron chi connectivity index (χ2n) is 5.17. The third-order valence-corrected chi connectivity index (χ3v) is 3.73. The zero-order valence-electron chi connectivity index (χ0n) is 12.3. The Morgan fingerprint density at radius 1 is 1.13 bits per heavy atom. The van der Waals surface area contributed by atoms with Gasteiger partial charge in [0.1, 0.15) is 5.75 Å². The van der Waals surface area contributed by atoms with Crippen molar-refractivity contribution < 1.29 is 13.5 Å². The number of ether oxygens (including phenoxy) is 1. The summed E-state index contributed by atoms with van der Waals surface area (Å²) in [6, 6.07) is 7.06. The first-order chi connectivity index (χ1) is 10.9. The number of allylic oxidation sites excluding steroid dienone is 2. The molecule has 0 fully saturated rings. The number of methoxy groups -OCH3 is 1. The van der Waals surface area contributed by atoms with Crippen LogP contribution < -0.4 is 16.0 Å². The van der Waals surface area contributed by atoms with Crippen LogP contribution in [0.25, 0.3) is 5.69 Å². The van der Waals surface area contributed by atoms with Crippen molar-refractivity contribution in [3.63, 3.8) is 0 Å². The second kappa shape index (κ2) is 5.49. The summed E-state index contributed by atoms with van der Waals surface area (Å²) in [5, 5.41) is 0. The second-order valence-corrected chi connectivity index (χ2v) is 5.17. The molecule has 0 bridgehead atoms. The van der Waals surface area contributed by atoms with E-state index in [0.717, 1.165) is 15.2 Å².